The highest BCUT2D eigenvalue weighted by Gasteiger charge is 2.21. The minimum atomic E-state index is -0.0879. The summed E-state index contributed by atoms with van der Waals surface area (Å²) in [5, 5.41) is 10.2. The van der Waals surface area contributed by atoms with Crippen molar-refractivity contribution in [3.05, 3.63) is 30.0 Å². The summed E-state index contributed by atoms with van der Waals surface area (Å²) in [5.74, 6) is 1.92. The standard InChI is InChI=1S/C18H27N7O2/c1-13-21-16(23-27-13)12-20-18(26)25-9-4-5-14(8-10-25)22-15-6-7-17(19-11-15)24(2)3/h6-7,11,14,22H,4-5,8-10,12H2,1-3H3,(H,20,26)/t14-/m1/s1. The van der Waals surface area contributed by atoms with Gasteiger partial charge in [0.25, 0.3) is 0 Å². The number of pyridine rings is 1. The van der Waals surface area contributed by atoms with Gasteiger partial charge in [0.2, 0.25) is 5.89 Å². The highest BCUT2D eigenvalue weighted by Crippen LogP contribution is 2.18. The number of aryl methyl sites for hydroxylation is 1. The van der Waals surface area contributed by atoms with Gasteiger partial charge >= 0.3 is 6.03 Å². The predicted octanol–water partition coefficient (Wildman–Crippen LogP) is 2.02. The first-order valence-corrected chi connectivity index (χ1v) is 9.23. The van der Waals surface area contributed by atoms with E-state index in [0.29, 0.717) is 24.3 Å². The Bertz CT molecular complexity index is 744. The Balaban J connectivity index is 1.47. The predicted molar refractivity (Wildman–Crippen MR) is 103 cm³/mol. The maximum atomic E-state index is 12.4. The number of nitrogens with one attached hydrogen (secondary N) is 2. The Morgan fingerprint density at radius 2 is 2.19 bits per heavy atom. The van der Waals surface area contributed by atoms with E-state index in [1.54, 1.807) is 6.92 Å². The van der Waals surface area contributed by atoms with Crippen molar-refractivity contribution in [2.24, 2.45) is 0 Å². The second-order valence-corrected chi connectivity index (χ2v) is 6.95. The van der Waals surface area contributed by atoms with Gasteiger partial charge in [-0.2, -0.15) is 4.98 Å². The largest absolute Gasteiger partial charge is 0.381 e. The topological polar surface area (TPSA) is 99.4 Å². The molecule has 3 heterocycles. The Kier molecular flexibility index (Phi) is 6.10. The van der Waals surface area contributed by atoms with Gasteiger partial charge in [0.1, 0.15) is 5.82 Å². The lowest BCUT2D eigenvalue weighted by Crippen LogP contribution is -2.40. The van der Waals surface area contributed by atoms with Crippen molar-refractivity contribution in [1.29, 1.82) is 0 Å². The van der Waals surface area contributed by atoms with Crippen molar-refractivity contribution < 1.29 is 9.32 Å². The van der Waals surface area contributed by atoms with Crippen molar-refractivity contribution in [3.8, 4) is 0 Å². The monoisotopic (exact) mass is 373 g/mol. The van der Waals surface area contributed by atoms with Crippen LogP contribution < -0.4 is 15.5 Å². The van der Waals surface area contributed by atoms with Crippen LogP contribution in [0.1, 0.15) is 31.0 Å². The smallest absolute Gasteiger partial charge is 0.317 e. The fraction of sp³-hybridized carbons (Fsp3) is 0.556. The van der Waals surface area contributed by atoms with E-state index in [4.69, 9.17) is 4.52 Å². The number of hydrogen-bond donors (Lipinski definition) is 2. The molecule has 0 spiro atoms. The van der Waals surface area contributed by atoms with Crippen molar-refractivity contribution in [2.45, 2.75) is 38.8 Å². The van der Waals surface area contributed by atoms with E-state index < -0.39 is 0 Å². The second kappa shape index (κ2) is 8.70. The Hall–Kier alpha value is -2.84. The molecule has 0 radical (unpaired) electrons. The van der Waals surface area contributed by atoms with Gasteiger partial charge in [0.05, 0.1) is 18.4 Å². The van der Waals surface area contributed by atoms with E-state index in [9.17, 15) is 4.79 Å². The minimum Gasteiger partial charge on any atom is -0.381 e. The first-order chi connectivity index (χ1) is 13.0. The van der Waals surface area contributed by atoms with Crippen LogP contribution in [0.5, 0.6) is 0 Å². The Morgan fingerprint density at radius 1 is 1.33 bits per heavy atom. The third kappa shape index (κ3) is 5.32. The molecule has 1 saturated heterocycles. The first kappa shape index (κ1) is 18.9. The quantitative estimate of drug-likeness (QED) is 0.827. The van der Waals surface area contributed by atoms with Crippen molar-refractivity contribution >= 4 is 17.5 Å². The molecule has 0 aliphatic carbocycles. The lowest BCUT2D eigenvalue weighted by Gasteiger charge is -2.21. The summed E-state index contributed by atoms with van der Waals surface area (Å²) in [6.07, 6.45) is 4.72. The Morgan fingerprint density at radius 3 is 2.85 bits per heavy atom. The lowest BCUT2D eigenvalue weighted by atomic mass is 10.1. The van der Waals surface area contributed by atoms with Crippen molar-refractivity contribution in [2.75, 3.05) is 37.4 Å². The van der Waals surface area contributed by atoms with Gasteiger partial charge < -0.3 is 25.0 Å². The van der Waals surface area contributed by atoms with Crippen molar-refractivity contribution in [1.82, 2.24) is 25.3 Å². The summed E-state index contributed by atoms with van der Waals surface area (Å²) in [5.41, 5.74) is 1.01. The van der Waals surface area contributed by atoms with Crippen LogP contribution in [-0.4, -0.2) is 59.3 Å². The van der Waals surface area contributed by atoms with E-state index in [2.05, 4.69) is 25.8 Å². The minimum absolute atomic E-state index is 0.0879. The van der Waals surface area contributed by atoms with Crippen LogP contribution in [0.15, 0.2) is 22.9 Å². The summed E-state index contributed by atoms with van der Waals surface area (Å²) in [4.78, 5) is 24.7. The van der Waals surface area contributed by atoms with Crippen molar-refractivity contribution in [3.63, 3.8) is 0 Å². The Labute approximate surface area is 159 Å². The number of hydrogen-bond acceptors (Lipinski definition) is 7. The molecule has 2 amide bonds. The molecule has 9 nitrogen and oxygen atoms in total. The molecule has 9 heteroatoms. The molecule has 0 saturated carbocycles. The number of urea groups is 1. The number of amides is 2. The zero-order valence-electron chi connectivity index (χ0n) is 16.1. The summed E-state index contributed by atoms with van der Waals surface area (Å²) < 4.78 is 4.91. The molecule has 0 bridgehead atoms. The average molecular weight is 373 g/mol. The van der Waals surface area contributed by atoms with Gasteiger partial charge in [0, 0.05) is 40.2 Å². The number of aromatic nitrogens is 3. The summed E-state index contributed by atoms with van der Waals surface area (Å²) >= 11 is 0. The van der Waals surface area contributed by atoms with Crippen LogP contribution in [0.4, 0.5) is 16.3 Å². The molecule has 1 atom stereocenters. The highest BCUT2D eigenvalue weighted by atomic mass is 16.5. The summed E-state index contributed by atoms with van der Waals surface area (Å²) in [7, 11) is 3.94. The van der Waals surface area contributed by atoms with Crippen LogP contribution >= 0.6 is 0 Å². The van der Waals surface area contributed by atoms with Crippen LogP contribution in [0, 0.1) is 6.92 Å². The van der Waals surface area contributed by atoms with Gasteiger partial charge in [-0.1, -0.05) is 5.16 Å². The van der Waals surface area contributed by atoms with Gasteiger partial charge in [0.15, 0.2) is 5.82 Å². The van der Waals surface area contributed by atoms with Crippen LogP contribution in [0.25, 0.3) is 0 Å². The van der Waals surface area contributed by atoms with Gasteiger partial charge in [-0.05, 0) is 31.4 Å². The molecule has 1 aliphatic rings. The highest BCUT2D eigenvalue weighted by molar-refractivity contribution is 5.74. The summed E-state index contributed by atoms with van der Waals surface area (Å²) in [6.45, 7) is 3.45. The SMILES string of the molecule is Cc1nc(CNC(=O)N2CCC[C@@H](Nc3ccc(N(C)C)nc3)CC2)no1. The number of carbonyl (C=O) groups is 1. The van der Waals surface area contributed by atoms with Crippen LogP contribution in [-0.2, 0) is 6.54 Å². The average Bonchev–Trinajstić information content (AvgIpc) is 2.93. The summed E-state index contributed by atoms with van der Waals surface area (Å²) in [6, 6.07) is 4.29. The number of nitrogens with zero attached hydrogens (tertiary/aromatic N) is 5. The molecule has 1 fully saturated rings. The van der Waals surface area contributed by atoms with E-state index in [-0.39, 0.29) is 12.6 Å². The van der Waals surface area contributed by atoms with Gasteiger partial charge in [-0.15, -0.1) is 0 Å². The molecular weight excluding hydrogens is 346 g/mol. The molecule has 146 valence electrons. The molecule has 0 unspecified atom stereocenters. The fourth-order valence-corrected chi connectivity index (χ4v) is 3.10. The van der Waals surface area contributed by atoms with E-state index in [1.807, 2.05) is 42.2 Å². The number of anilines is 2. The number of rotatable bonds is 5. The molecule has 2 N–H and O–H groups in total. The van der Waals surface area contributed by atoms with Crippen LogP contribution in [0.3, 0.4) is 0 Å². The third-order valence-corrected chi connectivity index (χ3v) is 4.56. The zero-order chi connectivity index (χ0) is 19.2. The number of likely N-dealkylation sites (tertiary alicyclic amines) is 1. The molecule has 0 aromatic carbocycles. The molecule has 1 aliphatic heterocycles. The normalized spacial score (nSPS) is 17.3. The maximum Gasteiger partial charge on any atom is 0.317 e. The van der Waals surface area contributed by atoms with E-state index in [0.717, 1.165) is 37.3 Å². The van der Waals surface area contributed by atoms with Crippen LogP contribution in [0.2, 0.25) is 0 Å². The molecule has 2 aromatic rings. The second-order valence-electron chi connectivity index (χ2n) is 6.95. The zero-order valence-corrected chi connectivity index (χ0v) is 16.1. The lowest BCUT2D eigenvalue weighted by molar-refractivity contribution is 0.199. The molecular formula is C18H27N7O2. The fourth-order valence-electron chi connectivity index (χ4n) is 3.10. The van der Waals surface area contributed by atoms with E-state index in [1.165, 1.54) is 0 Å². The first-order valence-electron chi connectivity index (χ1n) is 9.23. The molecule has 27 heavy (non-hydrogen) atoms. The van der Waals surface area contributed by atoms with Gasteiger partial charge in [-0.3, -0.25) is 0 Å². The molecule has 3 rings (SSSR count). The van der Waals surface area contributed by atoms with E-state index >= 15 is 0 Å². The number of carbonyl (C=O) groups excluding carboxylic acids is 1. The molecule has 2 aromatic heterocycles. The maximum absolute atomic E-state index is 12.4. The van der Waals surface area contributed by atoms with Gasteiger partial charge in [-0.25, -0.2) is 9.78 Å². The third-order valence-electron chi connectivity index (χ3n) is 4.56.